The van der Waals surface area contributed by atoms with Gasteiger partial charge in [0.05, 0.1) is 19.1 Å². The summed E-state index contributed by atoms with van der Waals surface area (Å²) in [5.74, 6) is -0.572. The fourth-order valence-electron chi connectivity index (χ4n) is 2.12. The van der Waals surface area contributed by atoms with Crippen LogP contribution in [0.15, 0.2) is 58.3 Å². The molecule has 4 nitrogen and oxygen atoms in total. The Hall–Kier alpha value is -2.67. The Morgan fingerprint density at radius 2 is 1.96 bits per heavy atom. The molecule has 0 spiro atoms. The number of oxazole rings is 1. The zero-order chi connectivity index (χ0) is 17.8. The van der Waals surface area contributed by atoms with Crippen molar-refractivity contribution in [2.24, 2.45) is 0 Å². The lowest BCUT2D eigenvalue weighted by atomic mass is 10.1. The third kappa shape index (κ3) is 4.06. The van der Waals surface area contributed by atoms with Gasteiger partial charge in [-0.3, -0.25) is 4.79 Å². The third-order valence-electron chi connectivity index (χ3n) is 3.41. The van der Waals surface area contributed by atoms with E-state index >= 15 is 0 Å². The van der Waals surface area contributed by atoms with Crippen LogP contribution in [-0.2, 0) is 0 Å². The average Bonchev–Trinajstić information content (AvgIpc) is 3.09. The minimum atomic E-state index is -0.590. The predicted molar refractivity (Wildman–Crippen MR) is 89.9 cm³/mol. The van der Waals surface area contributed by atoms with Gasteiger partial charge in [0.1, 0.15) is 5.82 Å². The molecule has 3 aromatic rings. The minimum Gasteiger partial charge on any atom is -0.494 e. The first-order chi connectivity index (χ1) is 12.1. The summed E-state index contributed by atoms with van der Waals surface area (Å²) in [7, 11) is 1.36. The average molecular weight is 361 g/mol. The van der Waals surface area contributed by atoms with Crippen LogP contribution in [0.3, 0.4) is 0 Å². The molecule has 25 heavy (non-hydrogen) atoms. The first-order valence-corrected chi connectivity index (χ1v) is 8.26. The van der Waals surface area contributed by atoms with Crippen molar-refractivity contribution in [3.63, 3.8) is 0 Å². The number of halogens is 2. The number of ketones is 1. The molecule has 0 saturated carbocycles. The van der Waals surface area contributed by atoms with E-state index in [1.807, 2.05) is 0 Å². The van der Waals surface area contributed by atoms with Crippen LogP contribution in [0.2, 0.25) is 0 Å². The van der Waals surface area contributed by atoms with Gasteiger partial charge in [0.15, 0.2) is 23.1 Å². The molecule has 0 amide bonds. The smallest absolute Gasteiger partial charge is 0.256 e. The van der Waals surface area contributed by atoms with E-state index in [1.54, 1.807) is 12.1 Å². The van der Waals surface area contributed by atoms with Gasteiger partial charge in [-0.15, -0.1) is 0 Å². The summed E-state index contributed by atoms with van der Waals surface area (Å²) in [5, 5.41) is 0.307. The molecule has 0 aliphatic rings. The molecule has 0 radical (unpaired) electrons. The maximum absolute atomic E-state index is 13.7. The number of ether oxygens (including phenoxy) is 1. The number of hydrogen-bond donors (Lipinski definition) is 0. The monoisotopic (exact) mass is 361 g/mol. The zero-order valence-electron chi connectivity index (χ0n) is 13.2. The van der Waals surface area contributed by atoms with Crippen LogP contribution < -0.4 is 4.74 Å². The Morgan fingerprint density at radius 1 is 1.20 bits per heavy atom. The number of carbonyl (C=O) groups is 1. The number of hydrogen-bond acceptors (Lipinski definition) is 5. The largest absolute Gasteiger partial charge is 0.494 e. The Bertz CT molecular complexity index is 894. The van der Waals surface area contributed by atoms with E-state index in [2.05, 4.69) is 4.98 Å². The Labute approximate surface area is 146 Å². The van der Waals surface area contributed by atoms with Crippen molar-refractivity contribution in [3.05, 3.63) is 65.9 Å². The van der Waals surface area contributed by atoms with Gasteiger partial charge in [0, 0.05) is 11.1 Å². The van der Waals surface area contributed by atoms with E-state index in [-0.39, 0.29) is 28.7 Å². The highest BCUT2D eigenvalue weighted by Crippen LogP contribution is 2.26. The van der Waals surface area contributed by atoms with Crippen molar-refractivity contribution in [1.29, 1.82) is 0 Å². The molecule has 0 N–H and O–H groups in total. The highest BCUT2D eigenvalue weighted by atomic mass is 32.2. The summed E-state index contributed by atoms with van der Waals surface area (Å²) in [6.45, 7) is 0. The fraction of sp³-hybridized carbons (Fsp3) is 0.111. The van der Waals surface area contributed by atoms with Gasteiger partial charge in [-0.25, -0.2) is 13.8 Å². The van der Waals surface area contributed by atoms with E-state index in [0.717, 1.165) is 17.8 Å². The predicted octanol–water partition coefficient (Wildman–Crippen LogP) is 4.60. The minimum absolute atomic E-state index is 0.0507. The Kier molecular flexibility index (Phi) is 5.14. The number of carbonyl (C=O) groups excluding carboxylic acids is 1. The molecule has 0 aliphatic carbocycles. The van der Waals surface area contributed by atoms with E-state index in [4.69, 9.17) is 9.15 Å². The van der Waals surface area contributed by atoms with Crippen LogP contribution in [0, 0.1) is 11.6 Å². The van der Waals surface area contributed by atoms with Gasteiger partial charge < -0.3 is 9.15 Å². The van der Waals surface area contributed by atoms with Crippen LogP contribution in [0.5, 0.6) is 5.75 Å². The van der Waals surface area contributed by atoms with Crippen molar-refractivity contribution in [2.75, 3.05) is 12.9 Å². The lowest BCUT2D eigenvalue weighted by Crippen LogP contribution is -2.03. The molecule has 0 aliphatic heterocycles. The van der Waals surface area contributed by atoms with Gasteiger partial charge in [0.25, 0.3) is 5.22 Å². The molecule has 128 valence electrons. The Balaban J connectivity index is 1.65. The summed E-state index contributed by atoms with van der Waals surface area (Å²) >= 11 is 1.10. The number of nitrogens with zero attached hydrogens (tertiary/aromatic N) is 1. The summed E-state index contributed by atoms with van der Waals surface area (Å²) in [6, 6.07) is 9.86. The van der Waals surface area contributed by atoms with Crippen LogP contribution in [0.1, 0.15) is 10.4 Å². The van der Waals surface area contributed by atoms with Crippen molar-refractivity contribution in [3.8, 4) is 17.1 Å². The van der Waals surface area contributed by atoms with Gasteiger partial charge >= 0.3 is 0 Å². The van der Waals surface area contributed by atoms with Crippen molar-refractivity contribution >= 4 is 17.5 Å². The molecule has 7 heteroatoms. The van der Waals surface area contributed by atoms with E-state index in [1.165, 1.54) is 37.6 Å². The van der Waals surface area contributed by atoms with Crippen molar-refractivity contribution in [2.45, 2.75) is 5.22 Å². The van der Waals surface area contributed by atoms with E-state index in [0.29, 0.717) is 16.5 Å². The summed E-state index contributed by atoms with van der Waals surface area (Å²) in [4.78, 5) is 16.2. The van der Waals surface area contributed by atoms with Gasteiger partial charge in [-0.1, -0.05) is 11.8 Å². The first-order valence-electron chi connectivity index (χ1n) is 7.28. The molecule has 0 fully saturated rings. The van der Waals surface area contributed by atoms with Gasteiger partial charge in [-0.05, 0) is 42.5 Å². The maximum Gasteiger partial charge on any atom is 0.256 e. The lowest BCUT2D eigenvalue weighted by molar-refractivity contribution is 0.102. The highest BCUT2D eigenvalue weighted by molar-refractivity contribution is 7.99. The number of Topliss-reactive ketones (excluding diaryl/α,β-unsaturated/α-hetero) is 1. The summed E-state index contributed by atoms with van der Waals surface area (Å²) in [5.41, 5.74) is 0.931. The summed E-state index contributed by atoms with van der Waals surface area (Å²) < 4.78 is 36.9. The molecular formula is C18H13F2NO3S. The highest BCUT2D eigenvalue weighted by Gasteiger charge is 2.13. The van der Waals surface area contributed by atoms with Crippen molar-refractivity contribution in [1.82, 2.24) is 4.98 Å². The van der Waals surface area contributed by atoms with Crippen LogP contribution in [-0.4, -0.2) is 23.6 Å². The number of aromatic nitrogens is 1. The molecule has 1 heterocycles. The third-order valence-corrected chi connectivity index (χ3v) is 4.26. The van der Waals surface area contributed by atoms with Crippen LogP contribution in [0.4, 0.5) is 8.78 Å². The normalized spacial score (nSPS) is 10.7. The van der Waals surface area contributed by atoms with Crippen molar-refractivity contribution < 1.29 is 22.7 Å². The molecule has 3 rings (SSSR count). The number of benzene rings is 2. The molecule has 2 aromatic carbocycles. The first kappa shape index (κ1) is 17.2. The van der Waals surface area contributed by atoms with E-state index in [9.17, 15) is 13.6 Å². The molecule has 0 atom stereocenters. The van der Waals surface area contributed by atoms with Crippen LogP contribution >= 0.6 is 11.8 Å². The number of thioether (sulfide) groups is 1. The Morgan fingerprint density at radius 3 is 2.64 bits per heavy atom. The second-order valence-corrected chi connectivity index (χ2v) is 5.99. The molecule has 0 unspecified atom stereocenters. The SMILES string of the molecule is COc1ccc(C(=O)CSc2ncc(-c3ccc(F)cc3)o2)cc1F. The molecule has 0 bridgehead atoms. The topological polar surface area (TPSA) is 52.3 Å². The number of methoxy groups -OCH3 is 1. The summed E-state index contributed by atoms with van der Waals surface area (Å²) in [6.07, 6.45) is 1.51. The standard InChI is InChI=1S/C18H13F2NO3S/c1-23-16-7-4-12(8-14(16)20)15(22)10-25-18-21-9-17(24-18)11-2-5-13(19)6-3-11/h2-9H,10H2,1H3. The molecule has 1 aromatic heterocycles. The zero-order valence-corrected chi connectivity index (χ0v) is 14.0. The fourth-order valence-corrected chi connectivity index (χ4v) is 2.82. The maximum atomic E-state index is 13.7. The number of rotatable bonds is 6. The second-order valence-electron chi connectivity index (χ2n) is 5.06. The second kappa shape index (κ2) is 7.48. The van der Waals surface area contributed by atoms with Gasteiger partial charge in [-0.2, -0.15) is 0 Å². The quantitative estimate of drug-likeness (QED) is 0.474. The van der Waals surface area contributed by atoms with Gasteiger partial charge in [0.2, 0.25) is 0 Å². The van der Waals surface area contributed by atoms with Crippen LogP contribution in [0.25, 0.3) is 11.3 Å². The molecule has 0 saturated heterocycles. The molecular weight excluding hydrogens is 348 g/mol. The lowest BCUT2D eigenvalue weighted by Gasteiger charge is -2.04. The van der Waals surface area contributed by atoms with E-state index < -0.39 is 5.82 Å².